The quantitative estimate of drug-likeness (QED) is 0.547. The van der Waals surface area contributed by atoms with Crippen LogP contribution in [0.3, 0.4) is 0 Å². The van der Waals surface area contributed by atoms with Gasteiger partial charge in [0.15, 0.2) is 11.5 Å². The predicted octanol–water partition coefficient (Wildman–Crippen LogP) is 2.69. The minimum Gasteiger partial charge on any atom is -0.490 e. The second-order valence-electron chi connectivity index (χ2n) is 10.0. The number of carbonyl (C=O) groups excluding carboxylic acids is 1. The van der Waals surface area contributed by atoms with Crippen molar-refractivity contribution in [3.8, 4) is 11.8 Å². The summed E-state index contributed by atoms with van der Waals surface area (Å²) in [5.41, 5.74) is 1.51. The zero-order valence-corrected chi connectivity index (χ0v) is 19.9. The molecule has 36 heavy (non-hydrogen) atoms. The molecule has 2 atom stereocenters. The highest BCUT2D eigenvalue weighted by molar-refractivity contribution is 5.92. The van der Waals surface area contributed by atoms with Crippen LogP contribution >= 0.6 is 0 Å². The maximum Gasteiger partial charge on any atom is 0.272 e. The number of anilines is 1. The first-order valence-corrected chi connectivity index (χ1v) is 12.6. The number of hydrogen-bond acceptors (Lipinski definition) is 8. The molecule has 2 aliphatic carbocycles. The van der Waals surface area contributed by atoms with Crippen molar-refractivity contribution in [2.75, 3.05) is 24.6 Å². The number of aliphatic hydroxyl groups is 1. The van der Waals surface area contributed by atoms with Gasteiger partial charge in [0.2, 0.25) is 0 Å². The molecule has 9 heteroatoms. The van der Waals surface area contributed by atoms with E-state index in [4.69, 9.17) is 4.74 Å². The molecule has 2 unspecified atom stereocenters. The van der Waals surface area contributed by atoms with Gasteiger partial charge in [-0.05, 0) is 79.8 Å². The Kier molecular flexibility index (Phi) is 5.89. The van der Waals surface area contributed by atoms with E-state index in [1.807, 2.05) is 24.3 Å². The summed E-state index contributed by atoms with van der Waals surface area (Å²) in [6, 6.07) is 13.2. The van der Waals surface area contributed by atoms with Crippen LogP contribution in [-0.2, 0) is 0 Å². The lowest BCUT2D eigenvalue weighted by atomic mass is 9.92. The lowest BCUT2D eigenvalue weighted by Crippen LogP contribution is -2.40. The van der Waals surface area contributed by atoms with Gasteiger partial charge < -0.3 is 20.1 Å². The molecule has 3 heterocycles. The molecular formula is C27H28N6O3. The highest BCUT2D eigenvalue weighted by atomic mass is 16.5. The van der Waals surface area contributed by atoms with Gasteiger partial charge in [-0.3, -0.25) is 9.78 Å². The van der Waals surface area contributed by atoms with Crippen LogP contribution in [0.4, 0.5) is 5.82 Å². The van der Waals surface area contributed by atoms with E-state index in [0.29, 0.717) is 34.5 Å². The summed E-state index contributed by atoms with van der Waals surface area (Å²) < 4.78 is 6.29. The number of ether oxygens (including phenoxy) is 1. The molecule has 6 rings (SSSR count). The van der Waals surface area contributed by atoms with E-state index in [1.54, 1.807) is 18.3 Å². The number of aliphatic hydroxyl groups excluding tert-OH is 1. The van der Waals surface area contributed by atoms with Crippen LogP contribution in [-0.4, -0.2) is 58.0 Å². The molecule has 0 bridgehead atoms. The third-order valence-corrected chi connectivity index (χ3v) is 7.94. The van der Waals surface area contributed by atoms with E-state index in [-0.39, 0.29) is 24.7 Å². The largest absolute Gasteiger partial charge is 0.490 e. The number of nitrogens with one attached hydrogen (secondary N) is 1. The Bertz CT molecular complexity index is 1300. The number of rotatable bonds is 6. The Balaban J connectivity index is 1.01. The lowest BCUT2D eigenvalue weighted by Gasteiger charge is -2.29. The van der Waals surface area contributed by atoms with E-state index in [0.717, 1.165) is 55.7 Å². The number of carbonyl (C=O) groups is 1. The molecule has 1 saturated heterocycles. The average Bonchev–Trinajstić information content (AvgIpc) is 3.40. The average molecular weight is 485 g/mol. The van der Waals surface area contributed by atoms with Crippen molar-refractivity contribution >= 4 is 22.6 Å². The highest BCUT2D eigenvalue weighted by Gasteiger charge is 2.55. The number of aromatic nitrogens is 3. The summed E-state index contributed by atoms with van der Waals surface area (Å²) in [7, 11) is 0. The molecule has 3 aliphatic rings. The maximum absolute atomic E-state index is 12.7. The first-order chi connectivity index (χ1) is 17.6. The number of piperidine rings is 1. The van der Waals surface area contributed by atoms with Crippen LogP contribution in [0.25, 0.3) is 10.9 Å². The van der Waals surface area contributed by atoms with E-state index >= 15 is 0 Å². The third-order valence-electron chi connectivity index (χ3n) is 7.94. The molecule has 2 N–H and O–H groups in total. The predicted molar refractivity (Wildman–Crippen MR) is 132 cm³/mol. The van der Waals surface area contributed by atoms with Gasteiger partial charge in [-0.2, -0.15) is 5.26 Å². The van der Waals surface area contributed by atoms with Crippen LogP contribution < -0.4 is 15.0 Å². The Hall–Kier alpha value is -3.77. The number of hydrogen-bond donors (Lipinski definition) is 2. The van der Waals surface area contributed by atoms with E-state index in [1.165, 1.54) is 0 Å². The van der Waals surface area contributed by atoms with Gasteiger partial charge in [0.1, 0.15) is 11.8 Å². The van der Waals surface area contributed by atoms with Crippen molar-refractivity contribution < 1.29 is 14.6 Å². The normalized spacial score (nSPS) is 26.8. The Labute approximate surface area is 209 Å². The molecule has 1 amide bonds. The summed E-state index contributed by atoms with van der Waals surface area (Å²) in [4.78, 5) is 19.3. The fourth-order valence-electron chi connectivity index (χ4n) is 5.83. The van der Waals surface area contributed by atoms with Gasteiger partial charge in [-0.15, -0.1) is 10.2 Å². The minimum absolute atomic E-state index is 0.0469. The smallest absolute Gasteiger partial charge is 0.272 e. The second-order valence-corrected chi connectivity index (χ2v) is 10.0. The molecule has 0 spiro atoms. The summed E-state index contributed by atoms with van der Waals surface area (Å²) in [5.74, 6) is 2.89. The van der Waals surface area contributed by atoms with Crippen molar-refractivity contribution in [1.29, 1.82) is 5.26 Å². The Morgan fingerprint density at radius 2 is 1.92 bits per heavy atom. The first kappa shape index (κ1) is 22.7. The topological polar surface area (TPSA) is 124 Å². The summed E-state index contributed by atoms with van der Waals surface area (Å²) in [6.07, 6.45) is 5.01. The molecule has 3 aromatic rings. The molecule has 0 radical (unpaired) electrons. The van der Waals surface area contributed by atoms with Crippen molar-refractivity contribution in [2.24, 2.45) is 17.8 Å². The van der Waals surface area contributed by atoms with Gasteiger partial charge in [0.05, 0.1) is 17.2 Å². The van der Waals surface area contributed by atoms with Crippen molar-refractivity contribution in [3.63, 3.8) is 0 Å². The molecule has 1 aromatic carbocycles. The van der Waals surface area contributed by atoms with Crippen LogP contribution in [0.5, 0.6) is 5.75 Å². The number of fused-ring (bicyclic) bond motifs is 2. The number of nitrogens with zero attached hydrogens (tertiary/aromatic N) is 5. The number of nitriles is 1. The molecule has 184 valence electrons. The zero-order chi connectivity index (χ0) is 24.6. The lowest BCUT2D eigenvalue weighted by molar-refractivity contribution is 0.0889. The minimum atomic E-state index is -0.202. The summed E-state index contributed by atoms with van der Waals surface area (Å²) >= 11 is 0. The fraction of sp³-hybridized carbons (Fsp3) is 0.444. The second kappa shape index (κ2) is 9.36. The molecule has 2 saturated carbocycles. The van der Waals surface area contributed by atoms with Crippen molar-refractivity contribution in [2.45, 2.75) is 37.8 Å². The molecule has 1 aliphatic heterocycles. The maximum atomic E-state index is 12.7. The molecule has 9 nitrogen and oxygen atoms in total. The SMILES string of the molecule is N#Cc1ccc(OC2CCC(NC(=O)c3ccc(N4CC5C(CO)C5C4)nn3)CC2)c2cccnc12. The van der Waals surface area contributed by atoms with Crippen LogP contribution in [0, 0.1) is 29.1 Å². The van der Waals surface area contributed by atoms with Gasteiger partial charge in [0.25, 0.3) is 5.91 Å². The van der Waals surface area contributed by atoms with Gasteiger partial charge in [-0.1, -0.05) is 0 Å². The Morgan fingerprint density at radius 1 is 1.11 bits per heavy atom. The van der Waals surface area contributed by atoms with Crippen LogP contribution in [0.1, 0.15) is 41.7 Å². The van der Waals surface area contributed by atoms with Crippen LogP contribution in [0.2, 0.25) is 0 Å². The summed E-state index contributed by atoms with van der Waals surface area (Å²) in [5, 5.41) is 31.1. The molecule has 2 aromatic heterocycles. The standard InChI is InChI=1S/C27H28N6O3/c28-12-16-3-9-24(19-2-1-11-29-26(16)19)36-18-6-4-17(5-7-18)30-27(35)23-8-10-25(32-31-23)33-13-20-21(14-33)22(20)15-34/h1-3,8-11,17-18,20-22,34H,4-7,13-15H2,(H,30,35). The highest BCUT2D eigenvalue weighted by Crippen LogP contribution is 2.51. The first-order valence-electron chi connectivity index (χ1n) is 12.6. The number of pyridine rings is 1. The van der Waals surface area contributed by atoms with Gasteiger partial charge in [-0.25, -0.2) is 0 Å². The summed E-state index contributed by atoms with van der Waals surface area (Å²) in [6.45, 7) is 2.07. The zero-order valence-electron chi connectivity index (χ0n) is 19.9. The molecular weight excluding hydrogens is 456 g/mol. The monoisotopic (exact) mass is 484 g/mol. The number of amides is 1. The van der Waals surface area contributed by atoms with Gasteiger partial charge >= 0.3 is 0 Å². The molecule has 3 fully saturated rings. The third kappa shape index (κ3) is 4.22. The van der Waals surface area contributed by atoms with E-state index in [9.17, 15) is 15.2 Å². The van der Waals surface area contributed by atoms with Crippen LogP contribution in [0.15, 0.2) is 42.6 Å². The van der Waals surface area contributed by atoms with Crippen molar-refractivity contribution in [1.82, 2.24) is 20.5 Å². The van der Waals surface area contributed by atoms with E-state index in [2.05, 4.69) is 31.5 Å². The number of benzene rings is 1. The van der Waals surface area contributed by atoms with Gasteiger partial charge in [0, 0.05) is 37.3 Å². The van der Waals surface area contributed by atoms with Crippen molar-refractivity contribution in [3.05, 3.63) is 53.9 Å². The Morgan fingerprint density at radius 3 is 2.61 bits per heavy atom. The fourth-order valence-corrected chi connectivity index (χ4v) is 5.83. The van der Waals surface area contributed by atoms with E-state index < -0.39 is 0 Å².